The van der Waals surface area contributed by atoms with Crippen LogP contribution in [0.25, 0.3) is 0 Å². The molecule has 8 heteroatoms. The van der Waals surface area contributed by atoms with Gasteiger partial charge in [-0.25, -0.2) is 14.8 Å². The van der Waals surface area contributed by atoms with Gasteiger partial charge >= 0.3 is 5.97 Å². The summed E-state index contributed by atoms with van der Waals surface area (Å²) >= 11 is 0. The van der Waals surface area contributed by atoms with Gasteiger partial charge in [-0.15, -0.1) is 0 Å². The van der Waals surface area contributed by atoms with Gasteiger partial charge in [-0.05, 0) is 29.7 Å². The zero-order valence-electron chi connectivity index (χ0n) is 13.9. The molecule has 132 valence electrons. The maximum atomic E-state index is 12.4. The molecule has 0 saturated carbocycles. The maximum absolute atomic E-state index is 12.4. The van der Waals surface area contributed by atoms with Gasteiger partial charge in [0.25, 0.3) is 5.91 Å². The van der Waals surface area contributed by atoms with Crippen molar-refractivity contribution in [2.75, 3.05) is 5.73 Å². The van der Waals surface area contributed by atoms with Gasteiger partial charge in [0.1, 0.15) is 17.5 Å². The summed E-state index contributed by atoms with van der Waals surface area (Å²) in [6.07, 6.45) is 0.0684. The molecular formula is C17H20N4O4. The summed E-state index contributed by atoms with van der Waals surface area (Å²) in [4.78, 5) is 31.8. The molecule has 0 aliphatic carbocycles. The number of hydrogen-bond donors (Lipinski definition) is 4. The second-order valence-corrected chi connectivity index (χ2v) is 5.93. The van der Waals surface area contributed by atoms with Crippen molar-refractivity contribution in [3.63, 3.8) is 0 Å². The Morgan fingerprint density at radius 1 is 1.20 bits per heavy atom. The number of amides is 1. The first kappa shape index (κ1) is 18.2. The number of nitrogens with one attached hydrogen (secondary N) is 1. The summed E-state index contributed by atoms with van der Waals surface area (Å²) in [5.41, 5.74) is 6.91. The minimum Gasteiger partial charge on any atom is -0.508 e. The molecule has 0 spiro atoms. The van der Waals surface area contributed by atoms with Crippen molar-refractivity contribution in [2.45, 2.75) is 32.2 Å². The van der Waals surface area contributed by atoms with E-state index in [0.717, 1.165) is 0 Å². The van der Waals surface area contributed by atoms with Gasteiger partial charge in [0.05, 0.1) is 0 Å². The molecule has 0 aliphatic heterocycles. The van der Waals surface area contributed by atoms with Gasteiger partial charge in [-0.1, -0.05) is 26.0 Å². The smallest absolute Gasteiger partial charge is 0.326 e. The second-order valence-electron chi connectivity index (χ2n) is 5.93. The third kappa shape index (κ3) is 4.90. The SMILES string of the molecule is CC(C)c1cc(C(=O)N[C@@H](Cc2ccc(O)cc2)C(=O)O)nc(N)n1. The lowest BCUT2D eigenvalue weighted by molar-refractivity contribution is -0.139. The summed E-state index contributed by atoms with van der Waals surface area (Å²) in [6, 6.07) is 6.45. The van der Waals surface area contributed by atoms with E-state index >= 15 is 0 Å². The molecule has 5 N–H and O–H groups in total. The lowest BCUT2D eigenvalue weighted by Crippen LogP contribution is -2.42. The predicted octanol–water partition coefficient (Wildman–Crippen LogP) is 1.31. The zero-order chi connectivity index (χ0) is 18.6. The van der Waals surface area contributed by atoms with Crippen molar-refractivity contribution in [2.24, 2.45) is 0 Å². The van der Waals surface area contributed by atoms with Crippen molar-refractivity contribution in [3.05, 3.63) is 47.3 Å². The van der Waals surface area contributed by atoms with Crippen LogP contribution >= 0.6 is 0 Å². The Hall–Kier alpha value is -3.16. The highest BCUT2D eigenvalue weighted by Gasteiger charge is 2.22. The van der Waals surface area contributed by atoms with E-state index in [4.69, 9.17) is 5.73 Å². The number of aliphatic carboxylic acids is 1. The fourth-order valence-electron chi connectivity index (χ4n) is 2.20. The minimum atomic E-state index is -1.17. The van der Waals surface area contributed by atoms with E-state index in [-0.39, 0.29) is 29.7 Å². The number of nitrogens with zero attached hydrogens (tertiary/aromatic N) is 2. The molecule has 0 bridgehead atoms. The molecule has 0 fully saturated rings. The minimum absolute atomic E-state index is 0.0214. The number of phenolic OH excluding ortho intramolecular Hbond substituents is 1. The van der Waals surface area contributed by atoms with E-state index in [1.165, 1.54) is 18.2 Å². The van der Waals surface area contributed by atoms with Crippen LogP contribution in [0.4, 0.5) is 5.95 Å². The third-order valence-electron chi connectivity index (χ3n) is 3.57. The largest absolute Gasteiger partial charge is 0.508 e. The highest BCUT2D eigenvalue weighted by Crippen LogP contribution is 2.15. The number of benzene rings is 1. The predicted molar refractivity (Wildman–Crippen MR) is 91.2 cm³/mol. The average Bonchev–Trinajstić information content (AvgIpc) is 2.55. The molecule has 0 radical (unpaired) electrons. The normalized spacial score (nSPS) is 12.0. The van der Waals surface area contributed by atoms with Crippen LogP contribution in [0.2, 0.25) is 0 Å². The molecule has 0 aliphatic rings. The van der Waals surface area contributed by atoms with E-state index in [1.807, 2.05) is 13.8 Å². The first-order chi connectivity index (χ1) is 11.8. The summed E-state index contributed by atoms with van der Waals surface area (Å²) in [5, 5.41) is 21.1. The van der Waals surface area contributed by atoms with Gasteiger partial charge in [0, 0.05) is 12.1 Å². The summed E-state index contributed by atoms with van der Waals surface area (Å²) in [6.45, 7) is 3.79. The number of carboxylic acid groups (broad SMARTS) is 1. The van der Waals surface area contributed by atoms with Crippen molar-refractivity contribution in [3.8, 4) is 5.75 Å². The Balaban J connectivity index is 2.17. The highest BCUT2D eigenvalue weighted by atomic mass is 16.4. The number of carbonyl (C=O) groups excluding carboxylic acids is 1. The first-order valence-corrected chi connectivity index (χ1v) is 7.72. The summed E-state index contributed by atoms with van der Waals surface area (Å²) in [7, 11) is 0. The zero-order valence-corrected chi connectivity index (χ0v) is 13.9. The van der Waals surface area contributed by atoms with E-state index in [2.05, 4.69) is 15.3 Å². The Kier molecular flexibility index (Phi) is 5.53. The third-order valence-corrected chi connectivity index (χ3v) is 3.57. The van der Waals surface area contributed by atoms with Gasteiger partial charge < -0.3 is 21.3 Å². The van der Waals surface area contributed by atoms with Crippen molar-refractivity contribution < 1.29 is 19.8 Å². The number of aromatic hydroxyl groups is 1. The lowest BCUT2D eigenvalue weighted by Gasteiger charge is -2.15. The van der Waals surface area contributed by atoms with Crippen LogP contribution in [0.15, 0.2) is 30.3 Å². The van der Waals surface area contributed by atoms with E-state index in [9.17, 15) is 19.8 Å². The van der Waals surface area contributed by atoms with E-state index in [1.54, 1.807) is 12.1 Å². The fraction of sp³-hybridized carbons (Fsp3) is 0.294. The number of hydrogen-bond acceptors (Lipinski definition) is 6. The molecule has 1 aromatic carbocycles. The molecule has 0 saturated heterocycles. The van der Waals surface area contributed by atoms with Crippen molar-refractivity contribution >= 4 is 17.8 Å². The monoisotopic (exact) mass is 344 g/mol. The van der Waals surface area contributed by atoms with Crippen LogP contribution in [0, 0.1) is 0 Å². The topological polar surface area (TPSA) is 138 Å². The van der Waals surface area contributed by atoms with Crippen LogP contribution in [0.5, 0.6) is 5.75 Å². The van der Waals surface area contributed by atoms with Crippen molar-refractivity contribution in [1.29, 1.82) is 0 Å². The molecule has 2 rings (SSSR count). The Morgan fingerprint density at radius 3 is 2.40 bits per heavy atom. The number of rotatable bonds is 6. The van der Waals surface area contributed by atoms with Gasteiger partial charge in [0.15, 0.2) is 0 Å². The second kappa shape index (κ2) is 7.61. The number of carbonyl (C=O) groups is 2. The molecule has 2 aromatic rings. The fourth-order valence-corrected chi connectivity index (χ4v) is 2.20. The van der Waals surface area contributed by atoms with E-state index < -0.39 is 17.9 Å². The van der Waals surface area contributed by atoms with Crippen LogP contribution in [-0.4, -0.2) is 38.1 Å². The van der Waals surface area contributed by atoms with Gasteiger partial charge in [0.2, 0.25) is 5.95 Å². The Morgan fingerprint density at radius 2 is 1.84 bits per heavy atom. The molecule has 1 atom stereocenters. The number of aromatic nitrogens is 2. The lowest BCUT2D eigenvalue weighted by atomic mass is 10.1. The van der Waals surface area contributed by atoms with Gasteiger partial charge in [-0.2, -0.15) is 0 Å². The standard InChI is InChI=1S/C17H20N4O4/c1-9(2)12-8-13(21-17(18)20-12)15(23)19-14(16(24)25)7-10-3-5-11(22)6-4-10/h3-6,8-9,14,22H,7H2,1-2H3,(H,19,23)(H,24,25)(H2,18,20,21)/t14-/m0/s1. The Labute approximate surface area is 144 Å². The van der Waals surface area contributed by atoms with E-state index in [0.29, 0.717) is 11.3 Å². The number of anilines is 1. The summed E-state index contributed by atoms with van der Waals surface area (Å²) < 4.78 is 0. The quantitative estimate of drug-likeness (QED) is 0.619. The van der Waals surface area contributed by atoms with Crippen LogP contribution in [0.3, 0.4) is 0 Å². The molecule has 8 nitrogen and oxygen atoms in total. The van der Waals surface area contributed by atoms with Crippen LogP contribution < -0.4 is 11.1 Å². The average molecular weight is 344 g/mol. The first-order valence-electron chi connectivity index (χ1n) is 7.72. The number of carboxylic acids is 1. The molecule has 25 heavy (non-hydrogen) atoms. The maximum Gasteiger partial charge on any atom is 0.326 e. The van der Waals surface area contributed by atoms with Crippen LogP contribution in [-0.2, 0) is 11.2 Å². The Bertz CT molecular complexity index is 775. The highest BCUT2D eigenvalue weighted by molar-refractivity contribution is 5.95. The molecular weight excluding hydrogens is 324 g/mol. The van der Waals surface area contributed by atoms with Crippen molar-refractivity contribution in [1.82, 2.24) is 15.3 Å². The van der Waals surface area contributed by atoms with Gasteiger partial charge in [-0.3, -0.25) is 4.79 Å². The molecule has 1 amide bonds. The molecule has 0 unspecified atom stereocenters. The molecule has 1 aromatic heterocycles. The number of nitrogen functional groups attached to an aromatic ring is 1. The van der Waals surface area contributed by atoms with Crippen LogP contribution in [0.1, 0.15) is 41.5 Å². The number of phenols is 1. The summed E-state index contributed by atoms with van der Waals surface area (Å²) in [5.74, 6) is -1.72. The molecule has 1 heterocycles. The number of nitrogens with two attached hydrogens (primary N) is 1.